The summed E-state index contributed by atoms with van der Waals surface area (Å²) in [6.45, 7) is 5.78. The highest BCUT2D eigenvalue weighted by Crippen LogP contribution is 2.35. The molecule has 3 atom stereocenters. The third-order valence-corrected chi connectivity index (χ3v) is 5.19. The van der Waals surface area contributed by atoms with Crippen LogP contribution in [0.5, 0.6) is 0 Å². The zero-order chi connectivity index (χ0) is 13.4. The van der Waals surface area contributed by atoms with Crippen molar-refractivity contribution in [3.63, 3.8) is 0 Å². The van der Waals surface area contributed by atoms with Crippen molar-refractivity contribution in [1.29, 1.82) is 0 Å². The summed E-state index contributed by atoms with van der Waals surface area (Å²) in [5.41, 5.74) is 3.99. The molecule has 0 radical (unpaired) electrons. The van der Waals surface area contributed by atoms with Gasteiger partial charge in [0.1, 0.15) is 0 Å². The molecule has 1 fully saturated rings. The molecule has 0 spiro atoms. The van der Waals surface area contributed by atoms with Crippen LogP contribution in [-0.4, -0.2) is 9.67 Å². The fourth-order valence-electron chi connectivity index (χ4n) is 4.18. The minimum absolute atomic E-state index is 0.214. The highest BCUT2D eigenvalue weighted by atomic mass is 16.3. The summed E-state index contributed by atoms with van der Waals surface area (Å²) >= 11 is 0. The van der Waals surface area contributed by atoms with Crippen LogP contribution in [-0.2, 0) is 13.0 Å². The predicted octanol–water partition coefficient (Wildman–Crippen LogP) is 3.99. The SMILES string of the molecule is Cc1cc2c(n1CC1CCCC(C)C1)CCCC2O. The number of rotatable bonds is 2. The Kier molecular flexibility index (Phi) is 3.70. The van der Waals surface area contributed by atoms with Crippen molar-refractivity contribution in [2.24, 2.45) is 11.8 Å². The second-order valence-corrected chi connectivity index (χ2v) is 6.84. The zero-order valence-corrected chi connectivity index (χ0v) is 12.4. The quantitative estimate of drug-likeness (QED) is 0.855. The maximum atomic E-state index is 10.1. The molecule has 0 bridgehead atoms. The Bertz CT molecular complexity index is 448. The molecule has 2 aliphatic rings. The van der Waals surface area contributed by atoms with Crippen LogP contribution in [0.4, 0.5) is 0 Å². The maximum Gasteiger partial charge on any atom is 0.0807 e. The van der Waals surface area contributed by atoms with Crippen LogP contribution >= 0.6 is 0 Å². The second-order valence-electron chi connectivity index (χ2n) is 6.84. The molecule has 1 N–H and O–H groups in total. The third-order valence-electron chi connectivity index (χ3n) is 5.19. The largest absolute Gasteiger partial charge is 0.388 e. The molecule has 0 amide bonds. The second kappa shape index (κ2) is 5.32. The molecule has 1 aromatic heterocycles. The van der Waals surface area contributed by atoms with Crippen molar-refractivity contribution >= 4 is 0 Å². The number of fused-ring (bicyclic) bond motifs is 1. The van der Waals surface area contributed by atoms with Crippen molar-refractivity contribution in [2.45, 2.75) is 71.4 Å². The van der Waals surface area contributed by atoms with Gasteiger partial charge in [-0.3, -0.25) is 0 Å². The average Bonchev–Trinajstić information content (AvgIpc) is 2.69. The standard InChI is InChI=1S/C17H27NO/c1-12-5-3-6-14(9-12)11-18-13(2)10-15-16(18)7-4-8-17(15)19/h10,12,14,17,19H,3-9,11H2,1-2H3. The molecule has 0 saturated heterocycles. The summed E-state index contributed by atoms with van der Waals surface area (Å²) in [5.74, 6) is 1.74. The Labute approximate surface area is 116 Å². The molecule has 3 rings (SSSR count). The van der Waals surface area contributed by atoms with E-state index in [9.17, 15) is 5.11 Å². The highest BCUT2D eigenvalue weighted by molar-refractivity contribution is 5.31. The number of hydrogen-bond donors (Lipinski definition) is 1. The lowest BCUT2D eigenvalue weighted by molar-refractivity contribution is 0.155. The minimum atomic E-state index is -0.214. The number of aliphatic hydroxyl groups excluding tert-OH is 1. The lowest BCUT2D eigenvalue weighted by Crippen LogP contribution is -2.21. The molecule has 2 heteroatoms. The van der Waals surface area contributed by atoms with E-state index in [0.717, 1.165) is 31.1 Å². The fraction of sp³-hybridized carbons (Fsp3) is 0.765. The molecule has 0 aromatic carbocycles. The molecule has 1 aromatic rings. The van der Waals surface area contributed by atoms with Crippen LogP contribution < -0.4 is 0 Å². The summed E-state index contributed by atoms with van der Waals surface area (Å²) in [6, 6.07) is 2.23. The van der Waals surface area contributed by atoms with Gasteiger partial charge in [0.15, 0.2) is 0 Å². The van der Waals surface area contributed by atoms with Gasteiger partial charge in [0.05, 0.1) is 6.10 Å². The summed E-state index contributed by atoms with van der Waals surface area (Å²) < 4.78 is 2.51. The van der Waals surface area contributed by atoms with Crippen LogP contribution in [0, 0.1) is 18.8 Å². The van der Waals surface area contributed by atoms with Gasteiger partial charge in [0.2, 0.25) is 0 Å². The summed E-state index contributed by atoms with van der Waals surface area (Å²) in [6.07, 6.45) is 8.61. The van der Waals surface area contributed by atoms with E-state index in [4.69, 9.17) is 0 Å². The Balaban J connectivity index is 1.81. The molecular weight excluding hydrogens is 234 g/mol. The monoisotopic (exact) mass is 261 g/mol. The van der Waals surface area contributed by atoms with Crippen molar-refractivity contribution in [3.05, 3.63) is 23.0 Å². The predicted molar refractivity (Wildman–Crippen MR) is 78.2 cm³/mol. The van der Waals surface area contributed by atoms with Gasteiger partial charge in [-0.25, -0.2) is 0 Å². The summed E-state index contributed by atoms with van der Waals surface area (Å²) in [4.78, 5) is 0. The number of hydrogen-bond acceptors (Lipinski definition) is 1. The molecule has 1 saturated carbocycles. The first-order chi connectivity index (χ1) is 9.15. The number of nitrogens with zero attached hydrogens (tertiary/aromatic N) is 1. The van der Waals surface area contributed by atoms with Crippen LogP contribution in [0.15, 0.2) is 6.07 Å². The summed E-state index contributed by atoms with van der Waals surface area (Å²) in [5, 5.41) is 10.1. The first-order valence-electron chi connectivity index (χ1n) is 8.02. The number of aliphatic hydroxyl groups is 1. The van der Waals surface area contributed by atoms with E-state index >= 15 is 0 Å². The van der Waals surface area contributed by atoms with Gasteiger partial charge in [0.25, 0.3) is 0 Å². The van der Waals surface area contributed by atoms with Gasteiger partial charge >= 0.3 is 0 Å². The summed E-state index contributed by atoms with van der Waals surface area (Å²) in [7, 11) is 0. The van der Waals surface area contributed by atoms with E-state index in [1.165, 1.54) is 49.2 Å². The fourth-order valence-corrected chi connectivity index (χ4v) is 4.18. The molecule has 0 aliphatic heterocycles. The van der Waals surface area contributed by atoms with E-state index in [2.05, 4.69) is 24.5 Å². The van der Waals surface area contributed by atoms with Gasteiger partial charge in [-0.15, -0.1) is 0 Å². The Hall–Kier alpha value is -0.760. The third kappa shape index (κ3) is 2.60. The lowest BCUT2D eigenvalue weighted by Gasteiger charge is -2.29. The molecule has 106 valence electrons. The van der Waals surface area contributed by atoms with E-state index < -0.39 is 0 Å². The van der Waals surface area contributed by atoms with Crippen LogP contribution in [0.1, 0.15) is 68.5 Å². The highest BCUT2D eigenvalue weighted by Gasteiger charge is 2.25. The van der Waals surface area contributed by atoms with E-state index in [-0.39, 0.29) is 6.10 Å². The molecular formula is C17H27NO. The van der Waals surface area contributed by atoms with Crippen molar-refractivity contribution in [1.82, 2.24) is 4.57 Å². The maximum absolute atomic E-state index is 10.1. The van der Waals surface area contributed by atoms with E-state index in [1.54, 1.807) is 0 Å². The minimum Gasteiger partial charge on any atom is -0.388 e. The van der Waals surface area contributed by atoms with Gasteiger partial charge < -0.3 is 9.67 Å². The topological polar surface area (TPSA) is 25.2 Å². The normalized spacial score (nSPS) is 31.2. The molecule has 19 heavy (non-hydrogen) atoms. The van der Waals surface area contributed by atoms with Crippen LogP contribution in [0.3, 0.4) is 0 Å². The first kappa shape index (κ1) is 13.2. The smallest absolute Gasteiger partial charge is 0.0807 e. The molecule has 1 heterocycles. The molecule has 2 aliphatic carbocycles. The van der Waals surface area contributed by atoms with Gasteiger partial charge in [-0.1, -0.05) is 19.8 Å². The zero-order valence-electron chi connectivity index (χ0n) is 12.4. The van der Waals surface area contributed by atoms with Gasteiger partial charge in [-0.2, -0.15) is 0 Å². The van der Waals surface area contributed by atoms with Gasteiger partial charge in [0, 0.05) is 23.5 Å². The van der Waals surface area contributed by atoms with Gasteiger partial charge in [-0.05, 0) is 56.9 Å². The van der Waals surface area contributed by atoms with Crippen LogP contribution in [0.2, 0.25) is 0 Å². The van der Waals surface area contributed by atoms with Crippen molar-refractivity contribution in [2.75, 3.05) is 0 Å². The van der Waals surface area contributed by atoms with Crippen molar-refractivity contribution < 1.29 is 5.11 Å². The Morgan fingerprint density at radius 1 is 1.26 bits per heavy atom. The average molecular weight is 261 g/mol. The lowest BCUT2D eigenvalue weighted by atomic mass is 9.82. The van der Waals surface area contributed by atoms with E-state index in [0.29, 0.717) is 0 Å². The van der Waals surface area contributed by atoms with Crippen LogP contribution in [0.25, 0.3) is 0 Å². The Morgan fingerprint density at radius 3 is 2.89 bits per heavy atom. The molecule has 2 nitrogen and oxygen atoms in total. The number of aryl methyl sites for hydroxylation is 1. The first-order valence-corrected chi connectivity index (χ1v) is 8.02. The van der Waals surface area contributed by atoms with Crippen molar-refractivity contribution in [3.8, 4) is 0 Å². The molecule has 3 unspecified atom stereocenters. The number of aromatic nitrogens is 1. The van der Waals surface area contributed by atoms with E-state index in [1.807, 2.05) is 0 Å². The Morgan fingerprint density at radius 2 is 2.11 bits per heavy atom.